The molecule has 6 nitrogen and oxygen atoms in total. The highest BCUT2D eigenvalue weighted by Gasteiger charge is 2.21. The lowest BCUT2D eigenvalue weighted by Gasteiger charge is -2.30. The molecule has 1 amide bonds. The van der Waals surface area contributed by atoms with Crippen LogP contribution in [0.1, 0.15) is 45.0 Å². The number of ether oxygens (including phenoxy) is 2. The van der Waals surface area contributed by atoms with Gasteiger partial charge in [0, 0.05) is 19.0 Å². The molecule has 29 heavy (non-hydrogen) atoms. The average molecular weight is 397 g/mol. The lowest BCUT2D eigenvalue weighted by molar-refractivity contribution is -0.138. The van der Waals surface area contributed by atoms with Crippen molar-refractivity contribution in [1.82, 2.24) is 4.90 Å². The first-order chi connectivity index (χ1) is 13.7. The minimum absolute atomic E-state index is 0.0349. The molecule has 0 bridgehead atoms. The Morgan fingerprint density at radius 2 is 1.31 bits per heavy atom. The molecular weight excluding hydrogens is 370 g/mol. The Kier molecular flexibility index (Phi) is 7.53. The summed E-state index contributed by atoms with van der Waals surface area (Å²) in [5, 5.41) is 0. The fourth-order valence-corrected chi connectivity index (χ4v) is 3.14. The lowest BCUT2D eigenvalue weighted by Crippen LogP contribution is -2.44. The van der Waals surface area contributed by atoms with Gasteiger partial charge in [-0.05, 0) is 63.1 Å². The zero-order valence-corrected chi connectivity index (χ0v) is 17.5. The molecule has 6 heteroatoms. The van der Waals surface area contributed by atoms with Gasteiger partial charge in [-0.2, -0.15) is 0 Å². The monoisotopic (exact) mass is 397 g/mol. The summed E-state index contributed by atoms with van der Waals surface area (Å²) in [7, 11) is 0. The molecule has 0 saturated heterocycles. The van der Waals surface area contributed by atoms with Crippen molar-refractivity contribution in [3.63, 3.8) is 0 Å². The van der Waals surface area contributed by atoms with E-state index >= 15 is 0 Å². The minimum Gasteiger partial charge on any atom is -0.452 e. The maximum atomic E-state index is 12.3. The van der Waals surface area contributed by atoms with Gasteiger partial charge in [-0.1, -0.05) is 24.3 Å². The summed E-state index contributed by atoms with van der Waals surface area (Å²) in [6.45, 7) is 8.78. The molecule has 0 aromatic heterocycles. The van der Waals surface area contributed by atoms with Gasteiger partial charge >= 0.3 is 11.9 Å². The molecule has 154 valence electrons. The molecule has 0 saturated carbocycles. The number of esters is 2. The van der Waals surface area contributed by atoms with Crippen molar-refractivity contribution in [1.29, 1.82) is 0 Å². The van der Waals surface area contributed by atoms with Crippen LogP contribution in [0.3, 0.4) is 0 Å². The molecular formula is C23H27NO5. The quantitative estimate of drug-likeness (QED) is 0.520. The van der Waals surface area contributed by atoms with E-state index in [2.05, 4.69) is 0 Å². The van der Waals surface area contributed by atoms with Crippen LogP contribution in [0.15, 0.2) is 48.5 Å². The lowest BCUT2D eigenvalue weighted by atomic mass is 10.0. The van der Waals surface area contributed by atoms with E-state index in [1.54, 1.807) is 41.3 Å². The SMILES string of the molecule is CC(=O)Oc1ccc(-c2ccc(C(=O)OCC(=O)N(C(C)C)C(C)C)cc2)cc1. The third-order valence-corrected chi connectivity index (χ3v) is 4.30. The Hall–Kier alpha value is -3.15. The first kappa shape index (κ1) is 22.1. The number of carbonyl (C=O) groups excluding carboxylic acids is 3. The average Bonchev–Trinajstić information content (AvgIpc) is 2.66. The van der Waals surface area contributed by atoms with Gasteiger partial charge in [-0.25, -0.2) is 4.79 Å². The number of hydrogen-bond donors (Lipinski definition) is 0. The molecule has 0 aliphatic heterocycles. The van der Waals surface area contributed by atoms with Crippen molar-refractivity contribution >= 4 is 17.8 Å². The van der Waals surface area contributed by atoms with E-state index in [0.29, 0.717) is 11.3 Å². The van der Waals surface area contributed by atoms with Gasteiger partial charge in [0.25, 0.3) is 5.91 Å². The number of rotatable bonds is 7. The summed E-state index contributed by atoms with van der Waals surface area (Å²) in [4.78, 5) is 37.2. The van der Waals surface area contributed by atoms with Crippen LogP contribution in [0.4, 0.5) is 0 Å². The van der Waals surface area contributed by atoms with Crippen molar-refractivity contribution in [2.75, 3.05) is 6.61 Å². The second kappa shape index (κ2) is 9.87. The van der Waals surface area contributed by atoms with E-state index in [-0.39, 0.29) is 30.6 Å². The number of amides is 1. The van der Waals surface area contributed by atoms with E-state index in [1.165, 1.54) is 6.92 Å². The molecule has 0 spiro atoms. The van der Waals surface area contributed by atoms with Crippen molar-refractivity contribution in [2.45, 2.75) is 46.7 Å². The van der Waals surface area contributed by atoms with Gasteiger partial charge in [-0.15, -0.1) is 0 Å². The minimum atomic E-state index is -0.539. The third-order valence-electron chi connectivity index (χ3n) is 4.30. The molecule has 2 aromatic rings. The third kappa shape index (κ3) is 6.17. The largest absolute Gasteiger partial charge is 0.452 e. The first-order valence-electron chi connectivity index (χ1n) is 9.56. The number of carbonyl (C=O) groups is 3. The van der Waals surface area contributed by atoms with Crippen molar-refractivity contribution in [3.05, 3.63) is 54.1 Å². The van der Waals surface area contributed by atoms with Gasteiger partial charge in [0.2, 0.25) is 0 Å². The maximum Gasteiger partial charge on any atom is 0.338 e. The maximum absolute atomic E-state index is 12.3. The zero-order chi connectivity index (χ0) is 21.6. The number of nitrogens with zero attached hydrogens (tertiary/aromatic N) is 1. The second-order valence-corrected chi connectivity index (χ2v) is 7.26. The highest BCUT2D eigenvalue weighted by atomic mass is 16.5. The number of benzene rings is 2. The molecule has 0 aliphatic carbocycles. The van der Waals surface area contributed by atoms with Gasteiger partial charge in [0.15, 0.2) is 6.61 Å². The Labute approximate surface area is 171 Å². The Morgan fingerprint density at radius 1 is 0.828 bits per heavy atom. The predicted octanol–water partition coefficient (Wildman–Crippen LogP) is 4.08. The van der Waals surface area contributed by atoms with Gasteiger partial charge in [0.05, 0.1) is 5.56 Å². The van der Waals surface area contributed by atoms with Crippen LogP contribution < -0.4 is 4.74 Å². The fourth-order valence-electron chi connectivity index (χ4n) is 3.14. The molecule has 0 aliphatic rings. The zero-order valence-electron chi connectivity index (χ0n) is 17.5. The molecule has 0 unspecified atom stereocenters. The van der Waals surface area contributed by atoms with E-state index in [1.807, 2.05) is 39.8 Å². The topological polar surface area (TPSA) is 72.9 Å². The van der Waals surface area contributed by atoms with Crippen LogP contribution in [-0.2, 0) is 14.3 Å². The van der Waals surface area contributed by atoms with Crippen LogP contribution in [0.5, 0.6) is 5.75 Å². The predicted molar refractivity (Wildman–Crippen MR) is 111 cm³/mol. The van der Waals surface area contributed by atoms with Crippen LogP contribution in [0, 0.1) is 0 Å². The van der Waals surface area contributed by atoms with E-state index in [4.69, 9.17) is 9.47 Å². The highest BCUT2D eigenvalue weighted by Crippen LogP contribution is 2.23. The van der Waals surface area contributed by atoms with Crippen LogP contribution in [0.25, 0.3) is 11.1 Å². The van der Waals surface area contributed by atoms with E-state index in [0.717, 1.165) is 11.1 Å². The van der Waals surface area contributed by atoms with Crippen molar-refractivity contribution < 1.29 is 23.9 Å². The summed E-state index contributed by atoms with van der Waals surface area (Å²) in [6.07, 6.45) is 0. The molecule has 0 N–H and O–H groups in total. The summed E-state index contributed by atoms with van der Waals surface area (Å²) in [6, 6.07) is 14.1. The standard InChI is InChI=1S/C23H27NO5/c1-15(2)24(16(3)4)22(26)14-28-23(27)20-8-6-18(7-9-20)19-10-12-21(13-11-19)29-17(5)25/h6-13,15-16H,14H2,1-5H3. The fraction of sp³-hybridized carbons (Fsp3) is 0.348. The van der Waals surface area contributed by atoms with Crippen LogP contribution in [-0.4, -0.2) is 41.4 Å². The summed E-state index contributed by atoms with van der Waals surface area (Å²) < 4.78 is 10.2. The van der Waals surface area contributed by atoms with Gasteiger partial charge in [-0.3, -0.25) is 9.59 Å². The Bertz CT molecular complexity index is 846. The molecule has 0 atom stereocenters. The molecule has 2 aromatic carbocycles. The smallest absolute Gasteiger partial charge is 0.338 e. The highest BCUT2D eigenvalue weighted by molar-refractivity contribution is 5.92. The van der Waals surface area contributed by atoms with E-state index < -0.39 is 5.97 Å². The van der Waals surface area contributed by atoms with Gasteiger partial charge in [0.1, 0.15) is 5.75 Å². The first-order valence-corrected chi connectivity index (χ1v) is 9.56. The normalized spacial score (nSPS) is 10.7. The van der Waals surface area contributed by atoms with Crippen LogP contribution in [0.2, 0.25) is 0 Å². The van der Waals surface area contributed by atoms with Gasteiger partial charge < -0.3 is 14.4 Å². The van der Waals surface area contributed by atoms with Crippen molar-refractivity contribution in [2.24, 2.45) is 0 Å². The summed E-state index contributed by atoms with van der Waals surface area (Å²) >= 11 is 0. The summed E-state index contributed by atoms with van der Waals surface area (Å²) in [5.74, 6) is -0.651. The van der Waals surface area contributed by atoms with Crippen LogP contribution >= 0.6 is 0 Å². The number of hydrogen-bond acceptors (Lipinski definition) is 5. The summed E-state index contributed by atoms with van der Waals surface area (Å²) in [5.41, 5.74) is 2.19. The Balaban J connectivity index is 1.99. The van der Waals surface area contributed by atoms with E-state index in [9.17, 15) is 14.4 Å². The molecule has 0 fully saturated rings. The van der Waals surface area contributed by atoms with Crippen molar-refractivity contribution in [3.8, 4) is 16.9 Å². The molecule has 0 heterocycles. The molecule has 0 radical (unpaired) electrons. The Morgan fingerprint density at radius 3 is 1.76 bits per heavy atom. The second-order valence-electron chi connectivity index (χ2n) is 7.26. The molecule has 2 rings (SSSR count).